The Morgan fingerprint density at radius 2 is 1.61 bits per heavy atom. The van der Waals surface area contributed by atoms with E-state index in [-0.39, 0.29) is 11.3 Å². The van der Waals surface area contributed by atoms with E-state index < -0.39 is 17.7 Å². The van der Waals surface area contributed by atoms with Crippen LogP contribution in [0.1, 0.15) is 44.9 Å². The molecule has 0 saturated carbocycles. The van der Waals surface area contributed by atoms with Crippen molar-refractivity contribution in [2.24, 2.45) is 0 Å². The molecular formula is C28H36N2O6. The topological polar surface area (TPSA) is 88.5 Å². The van der Waals surface area contributed by atoms with Crippen molar-refractivity contribution < 1.29 is 28.9 Å². The summed E-state index contributed by atoms with van der Waals surface area (Å²) in [5.41, 5.74) is 1.14. The monoisotopic (exact) mass is 496 g/mol. The number of amides is 1. The van der Waals surface area contributed by atoms with Gasteiger partial charge < -0.3 is 29.1 Å². The van der Waals surface area contributed by atoms with E-state index in [4.69, 9.17) is 14.2 Å². The molecule has 36 heavy (non-hydrogen) atoms. The molecule has 0 aromatic heterocycles. The third kappa shape index (κ3) is 5.65. The van der Waals surface area contributed by atoms with Gasteiger partial charge in [0.2, 0.25) is 0 Å². The van der Waals surface area contributed by atoms with Crippen LogP contribution in [0.5, 0.6) is 17.2 Å². The van der Waals surface area contributed by atoms with Crippen molar-refractivity contribution in [3.05, 3.63) is 59.2 Å². The number of benzene rings is 2. The molecule has 8 nitrogen and oxygen atoms in total. The molecule has 0 radical (unpaired) electrons. The molecule has 8 heteroatoms. The first kappa shape index (κ1) is 27.1. The molecule has 194 valence electrons. The van der Waals surface area contributed by atoms with Crippen LogP contribution in [-0.4, -0.2) is 73.1 Å². The van der Waals surface area contributed by atoms with Gasteiger partial charge >= 0.3 is 0 Å². The fourth-order valence-electron chi connectivity index (χ4n) is 4.41. The molecule has 2 aromatic rings. The Kier molecular flexibility index (Phi) is 9.36. The van der Waals surface area contributed by atoms with Crippen LogP contribution in [-0.2, 0) is 9.59 Å². The number of Topliss-reactive ketones (excluding diaryl/α,β-unsaturated/α-hetero) is 1. The average molecular weight is 497 g/mol. The van der Waals surface area contributed by atoms with Crippen LogP contribution < -0.4 is 14.2 Å². The van der Waals surface area contributed by atoms with Crippen LogP contribution in [0.4, 0.5) is 0 Å². The molecule has 1 unspecified atom stereocenters. The number of nitrogens with zero attached hydrogens (tertiary/aromatic N) is 2. The number of aliphatic hydroxyl groups excluding tert-OH is 1. The molecule has 1 fully saturated rings. The Morgan fingerprint density at radius 1 is 0.944 bits per heavy atom. The van der Waals surface area contributed by atoms with Gasteiger partial charge in [0.25, 0.3) is 11.7 Å². The highest BCUT2D eigenvalue weighted by Gasteiger charge is 2.46. The summed E-state index contributed by atoms with van der Waals surface area (Å²) in [6.45, 7) is 11.5. The van der Waals surface area contributed by atoms with Crippen LogP contribution in [0.3, 0.4) is 0 Å². The van der Waals surface area contributed by atoms with E-state index in [0.29, 0.717) is 54.7 Å². The summed E-state index contributed by atoms with van der Waals surface area (Å²) < 4.78 is 16.7. The molecule has 1 aliphatic heterocycles. The van der Waals surface area contributed by atoms with E-state index in [0.717, 1.165) is 13.1 Å². The first-order valence-corrected chi connectivity index (χ1v) is 12.4. The summed E-state index contributed by atoms with van der Waals surface area (Å²) in [5, 5.41) is 11.3. The molecule has 3 rings (SSSR count). The van der Waals surface area contributed by atoms with Gasteiger partial charge in [-0.15, -0.1) is 0 Å². The number of aliphatic hydroxyl groups is 1. The molecule has 1 atom stereocenters. The second kappa shape index (κ2) is 12.4. The number of likely N-dealkylation sites (N-methyl/N-ethyl adjacent to an activating group) is 1. The van der Waals surface area contributed by atoms with Gasteiger partial charge in [-0.3, -0.25) is 9.59 Å². The van der Waals surface area contributed by atoms with Crippen LogP contribution >= 0.6 is 0 Å². The molecule has 1 saturated heterocycles. The Bertz CT molecular complexity index is 1090. The normalized spacial score (nSPS) is 17.1. The molecule has 1 amide bonds. The van der Waals surface area contributed by atoms with Gasteiger partial charge in [-0.05, 0) is 68.9 Å². The Balaban J connectivity index is 2.12. The van der Waals surface area contributed by atoms with E-state index in [2.05, 4.69) is 18.7 Å². The second-order valence-electron chi connectivity index (χ2n) is 8.32. The Morgan fingerprint density at radius 3 is 2.19 bits per heavy atom. The van der Waals surface area contributed by atoms with Crippen molar-refractivity contribution >= 4 is 17.4 Å². The highest BCUT2D eigenvalue weighted by molar-refractivity contribution is 6.46. The fourth-order valence-corrected chi connectivity index (χ4v) is 4.41. The number of likely N-dealkylation sites (tertiary alicyclic amines) is 1. The van der Waals surface area contributed by atoms with Gasteiger partial charge in [0.15, 0.2) is 11.5 Å². The van der Waals surface area contributed by atoms with Crippen molar-refractivity contribution in [1.29, 1.82) is 0 Å². The summed E-state index contributed by atoms with van der Waals surface area (Å²) >= 11 is 0. The van der Waals surface area contributed by atoms with Crippen molar-refractivity contribution in [1.82, 2.24) is 9.80 Å². The van der Waals surface area contributed by atoms with E-state index in [1.165, 1.54) is 4.90 Å². The highest BCUT2D eigenvalue weighted by Crippen LogP contribution is 2.42. The summed E-state index contributed by atoms with van der Waals surface area (Å²) in [6, 6.07) is 11.4. The second-order valence-corrected chi connectivity index (χ2v) is 8.32. The van der Waals surface area contributed by atoms with Gasteiger partial charge in [-0.25, -0.2) is 0 Å². The predicted octanol–water partition coefficient (Wildman–Crippen LogP) is 4.26. The lowest BCUT2D eigenvalue weighted by Crippen LogP contribution is -2.38. The van der Waals surface area contributed by atoms with Crippen molar-refractivity contribution in [3.8, 4) is 17.2 Å². The van der Waals surface area contributed by atoms with E-state index in [9.17, 15) is 14.7 Å². The maximum atomic E-state index is 13.3. The summed E-state index contributed by atoms with van der Waals surface area (Å²) in [6.07, 6.45) is 0. The molecule has 2 aromatic carbocycles. The van der Waals surface area contributed by atoms with E-state index in [1.54, 1.807) is 49.6 Å². The zero-order valence-corrected chi connectivity index (χ0v) is 21.7. The lowest BCUT2D eigenvalue weighted by molar-refractivity contribution is -0.140. The zero-order valence-electron chi connectivity index (χ0n) is 21.7. The average Bonchev–Trinajstić information content (AvgIpc) is 3.15. The van der Waals surface area contributed by atoms with Crippen LogP contribution in [0.2, 0.25) is 0 Å². The number of hydrogen-bond acceptors (Lipinski definition) is 7. The third-order valence-corrected chi connectivity index (χ3v) is 6.33. The fraction of sp³-hybridized carbons (Fsp3) is 0.429. The molecule has 1 N–H and O–H groups in total. The van der Waals surface area contributed by atoms with Crippen molar-refractivity contribution in [2.75, 3.05) is 46.5 Å². The van der Waals surface area contributed by atoms with Crippen molar-refractivity contribution in [2.45, 2.75) is 33.7 Å². The zero-order chi connectivity index (χ0) is 26.2. The van der Waals surface area contributed by atoms with Gasteiger partial charge in [0.1, 0.15) is 11.5 Å². The summed E-state index contributed by atoms with van der Waals surface area (Å²) in [7, 11) is 1.54. The lowest BCUT2D eigenvalue weighted by atomic mass is 9.95. The maximum absolute atomic E-state index is 13.3. The van der Waals surface area contributed by atoms with Gasteiger partial charge in [-0.2, -0.15) is 0 Å². The minimum atomic E-state index is -0.767. The smallest absolute Gasteiger partial charge is 0.295 e. The van der Waals surface area contributed by atoms with Crippen LogP contribution in [0.25, 0.3) is 5.76 Å². The van der Waals surface area contributed by atoms with E-state index in [1.807, 2.05) is 13.8 Å². The van der Waals surface area contributed by atoms with Crippen molar-refractivity contribution in [3.63, 3.8) is 0 Å². The molecule has 0 aliphatic carbocycles. The minimum absolute atomic E-state index is 0.0509. The van der Waals surface area contributed by atoms with Gasteiger partial charge in [-0.1, -0.05) is 19.9 Å². The van der Waals surface area contributed by atoms with Crippen LogP contribution in [0.15, 0.2) is 48.0 Å². The number of ether oxygens (including phenoxy) is 3. The number of ketones is 1. The predicted molar refractivity (Wildman–Crippen MR) is 139 cm³/mol. The highest BCUT2D eigenvalue weighted by atomic mass is 16.5. The molecular weight excluding hydrogens is 460 g/mol. The lowest BCUT2D eigenvalue weighted by Gasteiger charge is -2.28. The molecule has 0 spiro atoms. The van der Waals surface area contributed by atoms with Gasteiger partial charge in [0.05, 0.1) is 31.9 Å². The summed E-state index contributed by atoms with van der Waals surface area (Å²) in [5.74, 6) is 0.146. The number of rotatable bonds is 12. The Labute approximate surface area is 213 Å². The van der Waals surface area contributed by atoms with Gasteiger partial charge in [0, 0.05) is 18.7 Å². The number of hydrogen-bond donors (Lipinski definition) is 1. The molecule has 1 aliphatic rings. The number of carbonyl (C=O) groups is 2. The maximum Gasteiger partial charge on any atom is 0.295 e. The number of carbonyl (C=O) groups excluding carboxylic acids is 2. The quantitative estimate of drug-likeness (QED) is 0.267. The first-order chi connectivity index (χ1) is 17.4. The molecule has 1 heterocycles. The SMILES string of the molecule is CCOc1ccc(/C(O)=C2/C(=O)C(=O)N(CCN(CC)CC)C2c2ccc(OCC)c(OC)c2)cc1. The largest absolute Gasteiger partial charge is 0.507 e. The third-order valence-electron chi connectivity index (χ3n) is 6.33. The van der Waals surface area contributed by atoms with E-state index >= 15 is 0 Å². The molecule has 0 bridgehead atoms. The van der Waals surface area contributed by atoms with Crippen LogP contribution in [0, 0.1) is 0 Å². The summed E-state index contributed by atoms with van der Waals surface area (Å²) in [4.78, 5) is 30.2. The minimum Gasteiger partial charge on any atom is -0.507 e. The standard InChI is InChI=1S/C28H36N2O6/c1-6-29(7-2)16-17-30-25(20-12-15-22(36-9-4)23(18-20)34-5)24(27(32)28(30)33)26(31)19-10-13-21(14-11-19)35-8-3/h10-15,18,25,31H,6-9,16-17H2,1-5H3/b26-24-. The first-order valence-electron chi connectivity index (χ1n) is 12.4. The number of methoxy groups -OCH3 is 1. The Hall–Kier alpha value is -3.52.